The predicted molar refractivity (Wildman–Crippen MR) is 93.3 cm³/mol. The number of benzene rings is 1. The Morgan fingerprint density at radius 2 is 2.00 bits per heavy atom. The van der Waals surface area contributed by atoms with E-state index in [1.54, 1.807) is 17.0 Å². The summed E-state index contributed by atoms with van der Waals surface area (Å²) in [7, 11) is 0. The monoisotopic (exact) mass is 350 g/mol. The Bertz CT molecular complexity index is 589. The summed E-state index contributed by atoms with van der Waals surface area (Å²) < 4.78 is 18.3. The van der Waals surface area contributed by atoms with Gasteiger partial charge < -0.3 is 14.5 Å². The first-order valence-corrected chi connectivity index (χ1v) is 8.81. The standard InChI is InChI=1S/C19H27FN2O3/c1-4-25-13-19(24)21-10-9-18(23)22(17(12-21)14(2)3)11-15-5-7-16(20)8-6-15/h5-8,14,17H,4,9-13H2,1-3H3/t17-/m0/s1. The van der Waals surface area contributed by atoms with Crippen LogP contribution in [-0.2, 0) is 20.9 Å². The van der Waals surface area contributed by atoms with Crippen molar-refractivity contribution >= 4 is 11.8 Å². The van der Waals surface area contributed by atoms with E-state index >= 15 is 0 Å². The molecule has 0 unspecified atom stereocenters. The maximum Gasteiger partial charge on any atom is 0.248 e. The number of hydrogen-bond donors (Lipinski definition) is 0. The van der Waals surface area contributed by atoms with Gasteiger partial charge in [0.05, 0.1) is 6.04 Å². The van der Waals surface area contributed by atoms with Crippen molar-refractivity contribution < 1.29 is 18.7 Å². The molecule has 2 rings (SSSR count). The molecule has 1 aromatic rings. The lowest BCUT2D eigenvalue weighted by Crippen LogP contribution is -2.47. The highest BCUT2D eigenvalue weighted by molar-refractivity contribution is 5.81. The van der Waals surface area contributed by atoms with Crippen LogP contribution in [0, 0.1) is 11.7 Å². The van der Waals surface area contributed by atoms with Gasteiger partial charge in [-0.1, -0.05) is 26.0 Å². The highest BCUT2D eigenvalue weighted by atomic mass is 19.1. The summed E-state index contributed by atoms with van der Waals surface area (Å²) >= 11 is 0. The second kappa shape index (κ2) is 8.94. The number of nitrogens with zero attached hydrogens (tertiary/aromatic N) is 2. The Hall–Kier alpha value is -1.95. The SMILES string of the molecule is CCOCC(=O)N1CCC(=O)N(Cc2ccc(F)cc2)[C@H](C(C)C)C1. The number of hydrogen-bond acceptors (Lipinski definition) is 3. The summed E-state index contributed by atoms with van der Waals surface area (Å²) in [5.41, 5.74) is 0.884. The fourth-order valence-electron chi connectivity index (χ4n) is 3.04. The van der Waals surface area contributed by atoms with Crippen molar-refractivity contribution in [2.75, 3.05) is 26.3 Å². The maximum atomic E-state index is 13.1. The molecule has 2 amide bonds. The minimum absolute atomic E-state index is 0.0229. The molecule has 0 spiro atoms. The molecule has 1 atom stereocenters. The van der Waals surface area contributed by atoms with Crippen molar-refractivity contribution in [2.45, 2.75) is 39.8 Å². The summed E-state index contributed by atoms with van der Waals surface area (Å²) in [6.07, 6.45) is 0.294. The van der Waals surface area contributed by atoms with Crippen LogP contribution in [0.4, 0.5) is 4.39 Å². The topological polar surface area (TPSA) is 49.9 Å². The molecule has 1 aliphatic heterocycles. The van der Waals surface area contributed by atoms with Crippen LogP contribution in [0.3, 0.4) is 0 Å². The van der Waals surface area contributed by atoms with E-state index in [9.17, 15) is 14.0 Å². The number of carbonyl (C=O) groups excluding carboxylic acids is 2. The number of amides is 2. The van der Waals surface area contributed by atoms with Crippen LogP contribution in [0.2, 0.25) is 0 Å². The average Bonchev–Trinajstić information content (AvgIpc) is 2.75. The smallest absolute Gasteiger partial charge is 0.248 e. The van der Waals surface area contributed by atoms with E-state index in [1.165, 1.54) is 12.1 Å². The first-order valence-electron chi connectivity index (χ1n) is 8.81. The zero-order valence-electron chi connectivity index (χ0n) is 15.2. The first-order chi connectivity index (χ1) is 11.9. The Kier molecular flexibility index (Phi) is 6.93. The number of halogens is 1. The average molecular weight is 350 g/mol. The summed E-state index contributed by atoms with van der Waals surface area (Å²) in [4.78, 5) is 28.5. The summed E-state index contributed by atoms with van der Waals surface area (Å²) in [6, 6.07) is 6.12. The van der Waals surface area contributed by atoms with E-state index < -0.39 is 0 Å². The Labute approximate surface area is 148 Å². The molecule has 0 bridgehead atoms. The number of ether oxygens (including phenoxy) is 1. The summed E-state index contributed by atoms with van der Waals surface area (Å²) in [5.74, 6) is -0.150. The Morgan fingerprint density at radius 1 is 1.32 bits per heavy atom. The van der Waals surface area contributed by atoms with Crippen LogP contribution in [0.5, 0.6) is 0 Å². The van der Waals surface area contributed by atoms with Gasteiger partial charge in [-0.15, -0.1) is 0 Å². The molecule has 0 saturated carbocycles. The van der Waals surface area contributed by atoms with E-state index in [0.29, 0.717) is 32.7 Å². The van der Waals surface area contributed by atoms with Gasteiger partial charge in [-0.2, -0.15) is 0 Å². The molecule has 5 nitrogen and oxygen atoms in total. The predicted octanol–water partition coefficient (Wildman–Crippen LogP) is 2.45. The molecule has 1 aliphatic rings. The molecule has 0 N–H and O–H groups in total. The van der Waals surface area contributed by atoms with Crippen LogP contribution in [-0.4, -0.2) is 54.0 Å². The second-order valence-electron chi connectivity index (χ2n) is 6.69. The Morgan fingerprint density at radius 3 is 2.60 bits per heavy atom. The molecule has 1 aromatic carbocycles. The molecule has 0 radical (unpaired) electrons. The first kappa shape index (κ1) is 19.4. The molecular formula is C19H27FN2O3. The van der Waals surface area contributed by atoms with Gasteiger partial charge in [0, 0.05) is 32.7 Å². The van der Waals surface area contributed by atoms with Crippen molar-refractivity contribution in [1.82, 2.24) is 9.80 Å². The molecule has 0 aliphatic carbocycles. The van der Waals surface area contributed by atoms with Crippen molar-refractivity contribution in [1.29, 1.82) is 0 Å². The Balaban J connectivity index is 2.15. The van der Waals surface area contributed by atoms with Crippen LogP contribution < -0.4 is 0 Å². The van der Waals surface area contributed by atoms with Crippen molar-refractivity contribution in [3.8, 4) is 0 Å². The van der Waals surface area contributed by atoms with Gasteiger partial charge in [0.15, 0.2) is 0 Å². The fourth-order valence-corrected chi connectivity index (χ4v) is 3.04. The maximum absolute atomic E-state index is 13.1. The van der Waals surface area contributed by atoms with Gasteiger partial charge in [-0.25, -0.2) is 4.39 Å². The number of rotatable bonds is 6. The lowest BCUT2D eigenvalue weighted by Gasteiger charge is -2.34. The van der Waals surface area contributed by atoms with Crippen LogP contribution >= 0.6 is 0 Å². The third kappa shape index (κ3) is 5.26. The van der Waals surface area contributed by atoms with Gasteiger partial charge in [0.25, 0.3) is 0 Å². The molecule has 1 saturated heterocycles. The van der Waals surface area contributed by atoms with Gasteiger partial charge >= 0.3 is 0 Å². The van der Waals surface area contributed by atoms with Crippen molar-refractivity contribution in [3.63, 3.8) is 0 Å². The highest BCUT2D eigenvalue weighted by Crippen LogP contribution is 2.21. The van der Waals surface area contributed by atoms with Crippen molar-refractivity contribution in [3.05, 3.63) is 35.6 Å². The third-order valence-corrected chi connectivity index (χ3v) is 4.54. The van der Waals surface area contributed by atoms with Crippen LogP contribution in [0.15, 0.2) is 24.3 Å². The molecule has 6 heteroatoms. The quantitative estimate of drug-likeness (QED) is 0.792. The normalized spacial score (nSPS) is 18.6. The van der Waals surface area contributed by atoms with Crippen LogP contribution in [0.1, 0.15) is 32.8 Å². The summed E-state index contributed by atoms with van der Waals surface area (Å²) in [6.45, 7) is 7.81. The molecule has 1 heterocycles. The van der Waals surface area contributed by atoms with E-state index in [2.05, 4.69) is 0 Å². The zero-order chi connectivity index (χ0) is 18.4. The van der Waals surface area contributed by atoms with Crippen molar-refractivity contribution in [2.24, 2.45) is 5.92 Å². The van der Waals surface area contributed by atoms with Gasteiger partial charge in [0.2, 0.25) is 11.8 Å². The minimum Gasteiger partial charge on any atom is -0.372 e. The molecular weight excluding hydrogens is 323 g/mol. The number of carbonyl (C=O) groups is 2. The minimum atomic E-state index is -0.293. The van der Waals surface area contributed by atoms with E-state index in [0.717, 1.165) is 5.56 Å². The van der Waals surface area contributed by atoms with E-state index in [4.69, 9.17) is 4.74 Å². The highest BCUT2D eigenvalue weighted by Gasteiger charge is 2.33. The third-order valence-electron chi connectivity index (χ3n) is 4.54. The lowest BCUT2D eigenvalue weighted by atomic mass is 10.0. The van der Waals surface area contributed by atoms with Gasteiger partial charge in [-0.3, -0.25) is 9.59 Å². The van der Waals surface area contributed by atoms with E-state index in [1.807, 2.05) is 25.7 Å². The lowest BCUT2D eigenvalue weighted by molar-refractivity contribution is -0.137. The zero-order valence-corrected chi connectivity index (χ0v) is 15.2. The molecule has 1 fully saturated rings. The fraction of sp³-hybridized carbons (Fsp3) is 0.579. The van der Waals surface area contributed by atoms with E-state index in [-0.39, 0.29) is 36.2 Å². The second-order valence-corrected chi connectivity index (χ2v) is 6.69. The molecule has 25 heavy (non-hydrogen) atoms. The molecule has 0 aromatic heterocycles. The summed E-state index contributed by atoms with van der Waals surface area (Å²) in [5, 5.41) is 0. The largest absolute Gasteiger partial charge is 0.372 e. The van der Waals surface area contributed by atoms with Gasteiger partial charge in [0.1, 0.15) is 12.4 Å². The molecule has 138 valence electrons. The van der Waals surface area contributed by atoms with Gasteiger partial charge in [-0.05, 0) is 30.5 Å². The van der Waals surface area contributed by atoms with Crippen LogP contribution in [0.25, 0.3) is 0 Å².